The molecule has 9 heteroatoms. The molecule has 0 amide bonds. The lowest BCUT2D eigenvalue weighted by molar-refractivity contribution is -0.275. The highest BCUT2D eigenvalue weighted by Gasteiger charge is 2.35. The molecule has 0 saturated heterocycles. The summed E-state index contributed by atoms with van der Waals surface area (Å²) in [5, 5.41) is 9.32. The molecule has 0 radical (unpaired) electrons. The van der Waals surface area contributed by atoms with Crippen LogP contribution in [0.4, 0.5) is 26.3 Å². The van der Waals surface area contributed by atoms with Crippen molar-refractivity contribution in [2.75, 3.05) is 0 Å². The van der Waals surface area contributed by atoms with Crippen LogP contribution in [0.15, 0.2) is 66.9 Å². The topological polar surface area (TPSA) is 42.2 Å². The zero-order valence-corrected chi connectivity index (χ0v) is 17.4. The van der Waals surface area contributed by atoms with Crippen molar-refractivity contribution in [1.29, 1.82) is 5.26 Å². The average molecular weight is 483 g/mol. The predicted octanol–water partition coefficient (Wildman–Crippen LogP) is 7.62. The molecule has 0 unspecified atom stereocenters. The number of alkyl halides is 6. The van der Waals surface area contributed by atoms with Crippen LogP contribution in [0, 0.1) is 11.3 Å². The van der Waals surface area contributed by atoms with Gasteiger partial charge in [0.25, 0.3) is 0 Å². The lowest BCUT2D eigenvalue weighted by atomic mass is 9.96. The Morgan fingerprint density at radius 1 is 0.657 bits per heavy atom. The predicted molar refractivity (Wildman–Crippen MR) is 115 cm³/mol. The van der Waals surface area contributed by atoms with Crippen LogP contribution in [0.25, 0.3) is 33.4 Å². The molecule has 0 spiro atoms. The third-order valence-corrected chi connectivity index (χ3v) is 5.69. The normalized spacial score (nSPS) is 14.5. The number of halogens is 6. The number of hydrogen-bond acceptors (Lipinski definition) is 3. The van der Waals surface area contributed by atoms with Gasteiger partial charge in [-0.1, -0.05) is 18.7 Å². The fourth-order valence-corrected chi connectivity index (χ4v) is 4.52. The van der Waals surface area contributed by atoms with E-state index in [0.29, 0.717) is 55.7 Å². The summed E-state index contributed by atoms with van der Waals surface area (Å²) in [6, 6.07) is 13.3. The molecular formula is C26H11F6NO2. The Bertz CT molecular complexity index is 1530. The van der Waals surface area contributed by atoms with E-state index in [2.05, 4.69) is 21.8 Å². The molecule has 2 aliphatic rings. The largest absolute Gasteiger partial charge is 0.573 e. The summed E-state index contributed by atoms with van der Waals surface area (Å²) < 4.78 is 84.4. The summed E-state index contributed by atoms with van der Waals surface area (Å²) in [6.45, 7) is 3.66. The second-order valence-electron chi connectivity index (χ2n) is 7.69. The molecule has 0 heterocycles. The molecule has 0 bridgehead atoms. The van der Waals surface area contributed by atoms with Gasteiger partial charge in [0.1, 0.15) is 11.5 Å². The van der Waals surface area contributed by atoms with Gasteiger partial charge < -0.3 is 9.47 Å². The number of rotatable bonds is 2. The van der Waals surface area contributed by atoms with Gasteiger partial charge in [0, 0.05) is 22.8 Å². The van der Waals surface area contributed by atoms with Crippen molar-refractivity contribution in [3.05, 3.63) is 89.2 Å². The maximum Gasteiger partial charge on any atom is 0.573 e. The lowest BCUT2D eigenvalue weighted by Gasteiger charge is -2.10. The first kappa shape index (κ1) is 22.4. The SMILES string of the molecule is C=C=C1c2cc(OC(F)(F)F)ccc2-c2cc3c(cc21)/C(=C\C#N)c1cc(OC(F)(F)F)ccc1-3. The molecule has 0 fully saturated rings. The Hall–Kier alpha value is -4.41. The van der Waals surface area contributed by atoms with Crippen LogP contribution in [0.2, 0.25) is 0 Å². The highest BCUT2D eigenvalue weighted by atomic mass is 19.4. The Morgan fingerprint density at radius 2 is 1.11 bits per heavy atom. The fraction of sp³-hybridized carbons (Fsp3) is 0.0769. The number of fused-ring (bicyclic) bond motifs is 6. The first-order valence-electron chi connectivity index (χ1n) is 9.99. The standard InChI is InChI=1S/C26H11F6NO2/c1-2-15-19-9-13(34-25(27,28)29)3-5-16(19)22-12-23-17-6-4-14(35-26(30,31)32)10-20(17)18(7-8-33)24(23)11-21(15)22/h3-7,9-12H,1H2/b18-7-. The minimum atomic E-state index is -4.87. The maximum atomic E-state index is 12.7. The van der Waals surface area contributed by atoms with Gasteiger partial charge in [0.05, 0.1) is 6.07 Å². The van der Waals surface area contributed by atoms with E-state index < -0.39 is 24.2 Å². The van der Waals surface area contributed by atoms with Gasteiger partial charge >= 0.3 is 12.7 Å². The molecule has 0 atom stereocenters. The number of nitrogens with zero attached hydrogens (tertiary/aromatic N) is 1. The minimum absolute atomic E-state index is 0.392. The van der Waals surface area contributed by atoms with Gasteiger partial charge in [-0.15, -0.1) is 32.1 Å². The Morgan fingerprint density at radius 3 is 1.66 bits per heavy atom. The summed E-state index contributed by atoms with van der Waals surface area (Å²) in [5.74, 6) is -0.813. The van der Waals surface area contributed by atoms with E-state index >= 15 is 0 Å². The number of benzene rings is 3. The van der Waals surface area contributed by atoms with Crippen molar-refractivity contribution in [3.8, 4) is 39.8 Å². The third-order valence-electron chi connectivity index (χ3n) is 5.69. The number of nitriles is 1. The van der Waals surface area contributed by atoms with Crippen molar-refractivity contribution < 1.29 is 35.8 Å². The zero-order valence-electron chi connectivity index (χ0n) is 17.4. The van der Waals surface area contributed by atoms with E-state index in [-0.39, 0.29) is 0 Å². The second-order valence-corrected chi connectivity index (χ2v) is 7.69. The quantitative estimate of drug-likeness (QED) is 0.147. The van der Waals surface area contributed by atoms with Crippen LogP contribution < -0.4 is 9.47 Å². The third kappa shape index (κ3) is 3.84. The zero-order chi connectivity index (χ0) is 25.1. The molecule has 3 aromatic carbocycles. The molecule has 2 aliphatic carbocycles. The van der Waals surface area contributed by atoms with Crippen molar-refractivity contribution in [1.82, 2.24) is 0 Å². The van der Waals surface area contributed by atoms with Crippen LogP contribution in [0.1, 0.15) is 22.3 Å². The summed E-state index contributed by atoms with van der Waals surface area (Å²) in [5.41, 5.74) is 8.19. The summed E-state index contributed by atoms with van der Waals surface area (Å²) in [7, 11) is 0. The van der Waals surface area contributed by atoms with Gasteiger partial charge in [-0.2, -0.15) is 5.26 Å². The van der Waals surface area contributed by atoms with E-state index in [1.54, 1.807) is 12.1 Å². The van der Waals surface area contributed by atoms with Crippen molar-refractivity contribution in [3.63, 3.8) is 0 Å². The number of ether oxygens (including phenoxy) is 2. The van der Waals surface area contributed by atoms with E-state index in [0.717, 1.165) is 0 Å². The summed E-state index contributed by atoms with van der Waals surface area (Å²) >= 11 is 0. The highest BCUT2D eigenvalue weighted by Crippen LogP contribution is 2.53. The first-order valence-corrected chi connectivity index (χ1v) is 9.99. The van der Waals surface area contributed by atoms with Crippen LogP contribution in [0.5, 0.6) is 11.5 Å². The Labute approximate surface area is 194 Å². The van der Waals surface area contributed by atoms with Crippen molar-refractivity contribution >= 4 is 11.1 Å². The molecule has 5 rings (SSSR count). The highest BCUT2D eigenvalue weighted by molar-refractivity contribution is 6.09. The van der Waals surface area contributed by atoms with E-state index in [9.17, 15) is 31.6 Å². The molecule has 3 nitrogen and oxygen atoms in total. The molecule has 0 aliphatic heterocycles. The molecule has 0 saturated carbocycles. The van der Waals surface area contributed by atoms with Gasteiger partial charge in [0.2, 0.25) is 0 Å². The Balaban J connectivity index is 1.68. The van der Waals surface area contributed by atoms with E-state index in [1.165, 1.54) is 42.5 Å². The summed E-state index contributed by atoms with van der Waals surface area (Å²) in [4.78, 5) is 0. The molecule has 35 heavy (non-hydrogen) atoms. The maximum absolute atomic E-state index is 12.7. The molecule has 0 N–H and O–H groups in total. The van der Waals surface area contributed by atoms with Gasteiger partial charge in [-0.05, 0) is 75.3 Å². The average Bonchev–Trinajstić information content (AvgIpc) is 3.21. The lowest BCUT2D eigenvalue weighted by Crippen LogP contribution is -2.17. The first-order chi connectivity index (χ1) is 16.5. The monoisotopic (exact) mass is 483 g/mol. The van der Waals surface area contributed by atoms with Gasteiger partial charge in [-0.3, -0.25) is 0 Å². The van der Waals surface area contributed by atoms with Gasteiger partial charge in [-0.25, -0.2) is 0 Å². The summed E-state index contributed by atoms with van der Waals surface area (Å²) in [6.07, 6.45) is -8.50. The molecule has 0 aromatic heterocycles. The van der Waals surface area contributed by atoms with E-state index in [1.807, 2.05) is 6.07 Å². The fourth-order valence-electron chi connectivity index (χ4n) is 4.52. The van der Waals surface area contributed by atoms with Crippen LogP contribution in [0.3, 0.4) is 0 Å². The second kappa shape index (κ2) is 7.55. The van der Waals surface area contributed by atoms with Crippen LogP contribution >= 0.6 is 0 Å². The van der Waals surface area contributed by atoms with Crippen LogP contribution in [-0.2, 0) is 0 Å². The van der Waals surface area contributed by atoms with E-state index in [4.69, 9.17) is 0 Å². The smallest absolute Gasteiger partial charge is 0.406 e. The van der Waals surface area contributed by atoms with Crippen LogP contribution in [-0.4, -0.2) is 12.7 Å². The number of allylic oxidation sites excluding steroid dienone is 1. The minimum Gasteiger partial charge on any atom is -0.406 e. The van der Waals surface area contributed by atoms with Crippen molar-refractivity contribution in [2.45, 2.75) is 12.7 Å². The van der Waals surface area contributed by atoms with Crippen molar-refractivity contribution in [2.24, 2.45) is 0 Å². The number of hydrogen-bond donors (Lipinski definition) is 0. The molecule has 174 valence electrons. The molecule has 3 aromatic rings. The molecular weight excluding hydrogens is 472 g/mol. The Kier molecular flexibility index (Phi) is 4.83. The van der Waals surface area contributed by atoms with Gasteiger partial charge in [0.15, 0.2) is 0 Å².